The van der Waals surface area contributed by atoms with Gasteiger partial charge in [0.2, 0.25) is 10.0 Å². The Balaban J connectivity index is 0.000000238. The van der Waals surface area contributed by atoms with E-state index in [4.69, 9.17) is 24.1 Å². The fraction of sp³-hybridized carbons (Fsp3) is 0.364. The first-order chi connectivity index (χ1) is 29.3. The van der Waals surface area contributed by atoms with Crippen LogP contribution in [0.25, 0.3) is 0 Å². The Bertz CT molecular complexity index is 2460. The van der Waals surface area contributed by atoms with Crippen molar-refractivity contribution in [2.24, 2.45) is 5.14 Å². The molecule has 6 rings (SSSR count). The summed E-state index contributed by atoms with van der Waals surface area (Å²) in [5, 5.41) is 27.4. The lowest BCUT2D eigenvalue weighted by atomic mass is 9.97. The molecule has 2 heterocycles. The van der Waals surface area contributed by atoms with Gasteiger partial charge in [0.05, 0.1) is 33.3 Å². The molecule has 0 spiro atoms. The molecule has 0 aliphatic carbocycles. The van der Waals surface area contributed by atoms with Gasteiger partial charge in [0.15, 0.2) is 12.2 Å². The molecule has 4 aromatic rings. The van der Waals surface area contributed by atoms with Crippen LogP contribution in [0, 0.1) is 10.1 Å². The highest BCUT2D eigenvalue weighted by Crippen LogP contribution is 2.35. The highest BCUT2D eigenvalue weighted by Gasteiger charge is 2.28. The lowest BCUT2D eigenvalue weighted by Gasteiger charge is -2.27. The van der Waals surface area contributed by atoms with Crippen LogP contribution in [0.2, 0.25) is 0 Å². The Morgan fingerprint density at radius 1 is 0.714 bits per heavy atom. The zero-order valence-electron chi connectivity index (χ0n) is 36.1. The summed E-state index contributed by atoms with van der Waals surface area (Å²) in [4.78, 5) is 59.3. The molecule has 4 atom stereocenters. The molecular formula is C44H52N6O12S. The Hall–Kier alpha value is -6.73. The molecule has 4 aromatic carbocycles. The van der Waals surface area contributed by atoms with Crippen molar-refractivity contribution in [1.82, 2.24) is 10.6 Å². The van der Waals surface area contributed by atoms with Crippen LogP contribution in [0.4, 0.5) is 26.7 Å². The molecule has 4 unspecified atom stereocenters. The normalized spacial score (nSPS) is 16.7. The van der Waals surface area contributed by atoms with Crippen LogP contribution in [-0.2, 0) is 41.9 Å². The maximum absolute atomic E-state index is 12.5. The number of nitro groups is 1. The van der Waals surface area contributed by atoms with Crippen molar-refractivity contribution in [3.63, 3.8) is 0 Å². The largest absolute Gasteiger partial charge is 0.479 e. The molecule has 336 valence electrons. The summed E-state index contributed by atoms with van der Waals surface area (Å²) in [5.74, 6) is 0.568. The van der Waals surface area contributed by atoms with Crippen LogP contribution in [-0.4, -0.2) is 60.8 Å². The molecule has 0 saturated heterocycles. The van der Waals surface area contributed by atoms with Gasteiger partial charge < -0.3 is 40.2 Å². The number of alkyl carbamates (subject to hydrolysis) is 2. The van der Waals surface area contributed by atoms with Crippen LogP contribution >= 0.6 is 0 Å². The van der Waals surface area contributed by atoms with Gasteiger partial charge in [0, 0.05) is 12.1 Å². The third-order valence-electron chi connectivity index (χ3n) is 9.33. The second-order valence-electron chi connectivity index (χ2n) is 16.9. The summed E-state index contributed by atoms with van der Waals surface area (Å²) in [6, 6.07) is 21.7. The standard InChI is InChI=1S/C22H27N3O6S.C22H25N3O6/c1-13-20(26)24-18-12-15(7-10-19(18)30-13)17(25-21(27)31-22(2,3)4)11-14-5-8-16(9-6-14)32(23,28)29;1-13-20(26)23-18-12-15(7-10-19(18)30-13)17(24-21(27)31-22(2,3)4)11-14-5-8-16(9-6-14)25(28)29/h5-10,12-13,17H,11H2,1-4H3,(H,24,26)(H,25,27)(H2,23,28,29);5-10,12-13,17H,11H2,1-4H3,(H,23,26)(H,24,27). The van der Waals surface area contributed by atoms with Crippen LogP contribution in [0.1, 0.15) is 89.7 Å². The number of fused-ring (bicyclic) bond motifs is 2. The minimum atomic E-state index is -3.80. The van der Waals surface area contributed by atoms with E-state index in [0.717, 1.165) is 16.7 Å². The van der Waals surface area contributed by atoms with Gasteiger partial charge in [-0.3, -0.25) is 19.7 Å². The number of sulfonamides is 1. The molecule has 19 heteroatoms. The Morgan fingerprint density at radius 3 is 1.44 bits per heavy atom. The van der Waals surface area contributed by atoms with Crippen molar-refractivity contribution in [3.8, 4) is 11.5 Å². The first kappa shape index (κ1) is 47.3. The van der Waals surface area contributed by atoms with Crippen molar-refractivity contribution in [2.45, 2.75) is 109 Å². The number of carbonyl (C=O) groups excluding carboxylic acids is 4. The smallest absolute Gasteiger partial charge is 0.408 e. The summed E-state index contributed by atoms with van der Waals surface area (Å²) in [5.41, 5.74) is 2.65. The highest BCUT2D eigenvalue weighted by atomic mass is 32.2. The van der Waals surface area contributed by atoms with Crippen molar-refractivity contribution in [2.75, 3.05) is 10.6 Å². The Kier molecular flexibility index (Phi) is 14.4. The number of amides is 4. The van der Waals surface area contributed by atoms with E-state index in [1.54, 1.807) is 116 Å². The third kappa shape index (κ3) is 13.6. The van der Waals surface area contributed by atoms with E-state index in [1.165, 1.54) is 24.3 Å². The first-order valence-corrected chi connectivity index (χ1v) is 21.5. The summed E-state index contributed by atoms with van der Waals surface area (Å²) in [7, 11) is -3.80. The fourth-order valence-corrected chi connectivity index (χ4v) is 6.85. The molecule has 18 nitrogen and oxygen atoms in total. The number of nitro benzene ring substituents is 1. The van der Waals surface area contributed by atoms with Crippen molar-refractivity contribution in [1.29, 1.82) is 0 Å². The van der Waals surface area contributed by atoms with E-state index in [0.29, 0.717) is 41.3 Å². The molecule has 0 aromatic heterocycles. The van der Waals surface area contributed by atoms with Crippen LogP contribution < -0.4 is 35.9 Å². The molecule has 0 bridgehead atoms. The molecule has 63 heavy (non-hydrogen) atoms. The van der Waals surface area contributed by atoms with Crippen molar-refractivity contribution < 1.29 is 51.5 Å². The van der Waals surface area contributed by atoms with Gasteiger partial charge in [0.1, 0.15) is 22.7 Å². The van der Waals surface area contributed by atoms with Gasteiger partial charge in [-0.1, -0.05) is 36.4 Å². The number of non-ortho nitro benzene ring substituents is 1. The quantitative estimate of drug-likeness (QED) is 0.0798. The number of nitrogens with two attached hydrogens (primary N) is 1. The number of nitrogens with one attached hydrogen (secondary N) is 4. The van der Waals surface area contributed by atoms with Gasteiger partial charge in [-0.2, -0.15) is 0 Å². The second-order valence-corrected chi connectivity index (χ2v) is 18.5. The number of anilines is 2. The van der Waals surface area contributed by atoms with E-state index in [2.05, 4.69) is 21.3 Å². The van der Waals surface area contributed by atoms with Gasteiger partial charge in [-0.05, 0) is 127 Å². The number of primary sulfonamides is 1. The third-order valence-corrected chi connectivity index (χ3v) is 10.3. The monoisotopic (exact) mass is 888 g/mol. The predicted molar refractivity (Wildman–Crippen MR) is 233 cm³/mol. The average Bonchev–Trinajstić information content (AvgIpc) is 3.17. The number of ether oxygens (including phenoxy) is 4. The second kappa shape index (κ2) is 19.1. The maximum atomic E-state index is 12.5. The van der Waals surface area contributed by atoms with Gasteiger partial charge in [-0.15, -0.1) is 0 Å². The molecule has 4 amide bonds. The average molecular weight is 889 g/mol. The number of nitrogens with zero attached hydrogens (tertiary/aromatic N) is 1. The minimum absolute atomic E-state index is 0.000614. The Morgan fingerprint density at radius 2 is 1.10 bits per heavy atom. The van der Waals surface area contributed by atoms with E-state index >= 15 is 0 Å². The lowest BCUT2D eigenvalue weighted by Crippen LogP contribution is -2.36. The number of benzene rings is 4. The maximum Gasteiger partial charge on any atom is 0.408 e. The van der Waals surface area contributed by atoms with Crippen molar-refractivity contribution >= 4 is 51.1 Å². The fourth-order valence-electron chi connectivity index (χ4n) is 6.33. The molecule has 2 aliphatic rings. The SMILES string of the molecule is CC1Oc2ccc(C(Cc3ccc(S(N)(=O)=O)cc3)NC(=O)OC(C)(C)C)cc2NC1=O.CC1Oc2ccc(C(Cc3ccc([N+](=O)[O-])cc3)NC(=O)OC(C)(C)C)cc2NC1=O. The summed E-state index contributed by atoms with van der Waals surface area (Å²) < 4.78 is 45.0. The molecule has 6 N–H and O–H groups in total. The van der Waals surface area contributed by atoms with Crippen LogP contribution in [0.3, 0.4) is 0 Å². The molecule has 0 fully saturated rings. The van der Waals surface area contributed by atoms with E-state index in [9.17, 15) is 37.7 Å². The van der Waals surface area contributed by atoms with Gasteiger partial charge >= 0.3 is 12.2 Å². The van der Waals surface area contributed by atoms with E-state index in [1.807, 2.05) is 0 Å². The highest BCUT2D eigenvalue weighted by molar-refractivity contribution is 7.89. The van der Waals surface area contributed by atoms with Gasteiger partial charge in [-0.25, -0.2) is 23.1 Å². The molecular weight excluding hydrogens is 837 g/mol. The lowest BCUT2D eigenvalue weighted by molar-refractivity contribution is -0.384. The van der Waals surface area contributed by atoms with E-state index in [-0.39, 0.29) is 22.4 Å². The topological polar surface area (TPSA) is 257 Å². The number of hydrogen-bond donors (Lipinski definition) is 5. The minimum Gasteiger partial charge on any atom is -0.479 e. The molecule has 2 aliphatic heterocycles. The Labute approximate surface area is 365 Å². The summed E-state index contributed by atoms with van der Waals surface area (Å²) in [6.07, 6.45) is -1.67. The summed E-state index contributed by atoms with van der Waals surface area (Å²) in [6.45, 7) is 13.9. The predicted octanol–water partition coefficient (Wildman–Crippen LogP) is 6.98. The first-order valence-electron chi connectivity index (χ1n) is 19.9. The number of carbonyl (C=O) groups is 4. The zero-order chi connectivity index (χ0) is 46.4. The van der Waals surface area contributed by atoms with Crippen LogP contribution in [0.5, 0.6) is 11.5 Å². The number of hydrogen-bond acceptors (Lipinski definition) is 12. The van der Waals surface area contributed by atoms with Gasteiger partial charge in [0.25, 0.3) is 17.5 Å². The van der Waals surface area contributed by atoms with Crippen molar-refractivity contribution in [3.05, 3.63) is 117 Å². The van der Waals surface area contributed by atoms with Crippen LogP contribution in [0.15, 0.2) is 89.8 Å². The van der Waals surface area contributed by atoms with E-state index < -0.39 is 62.6 Å². The molecule has 0 radical (unpaired) electrons. The number of rotatable bonds is 10. The summed E-state index contributed by atoms with van der Waals surface area (Å²) >= 11 is 0. The molecule has 0 saturated carbocycles. The zero-order valence-corrected chi connectivity index (χ0v) is 37.0.